The Morgan fingerprint density at radius 3 is 2.88 bits per heavy atom. The van der Waals surface area contributed by atoms with E-state index in [9.17, 15) is 9.18 Å². The van der Waals surface area contributed by atoms with Crippen molar-refractivity contribution in [3.63, 3.8) is 0 Å². The van der Waals surface area contributed by atoms with Crippen LogP contribution >= 0.6 is 15.9 Å². The number of carbonyl (C=O) groups excluding carboxylic acids is 1. The van der Waals surface area contributed by atoms with Crippen molar-refractivity contribution in [2.24, 2.45) is 0 Å². The van der Waals surface area contributed by atoms with E-state index in [1.807, 2.05) is 0 Å². The van der Waals surface area contributed by atoms with Crippen LogP contribution in [-0.4, -0.2) is 23.8 Å². The highest BCUT2D eigenvalue weighted by atomic mass is 79.9. The maximum absolute atomic E-state index is 13.3. The lowest BCUT2D eigenvalue weighted by molar-refractivity contribution is 0.229. The first-order valence-electron chi connectivity index (χ1n) is 4.66. The molecule has 0 aliphatic rings. The molecule has 0 saturated carbocycles. The Labute approximate surface area is 101 Å². The van der Waals surface area contributed by atoms with E-state index in [2.05, 4.69) is 26.6 Å². The highest BCUT2D eigenvalue weighted by molar-refractivity contribution is 9.10. The number of rotatable bonds is 3. The molecule has 1 aromatic rings. The molecular weight excluding hydrogens is 279 g/mol. The van der Waals surface area contributed by atoms with E-state index in [0.717, 1.165) is 0 Å². The molecule has 0 saturated heterocycles. The van der Waals surface area contributed by atoms with Gasteiger partial charge in [0.1, 0.15) is 5.82 Å². The lowest BCUT2D eigenvalue weighted by Gasteiger charge is -2.12. The highest BCUT2D eigenvalue weighted by Crippen LogP contribution is 2.19. The Hall–Kier alpha value is -1.14. The number of anilines is 1. The quantitative estimate of drug-likeness (QED) is 0.798. The average Bonchev–Trinajstić information content (AvgIpc) is 2.22. The molecule has 2 amide bonds. The van der Waals surface area contributed by atoms with Gasteiger partial charge in [-0.15, -0.1) is 0 Å². The number of amides is 2. The first-order chi connectivity index (χ1) is 7.52. The summed E-state index contributed by atoms with van der Waals surface area (Å²) in [6.07, 6.45) is 0. The van der Waals surface area contributed by atoms with Crippen molar-refractivity contribution >= 4 is 27.6 Å². The smallest absolute Gasteiger partial charge is 0.319 e. The van der Waals surface area contributed by atoms with Crippen molar-refractivity contribution in [1.82, 2.24) is 5.32 Å². The van der Waals surface area contributed by atoms with Crippen LogP contribution in [0.5, 0.6) is 0 Å². The Morgan fingerprint density at radius 2 is 2.31 bits per heavy atom. The SMILES string of the molecule is C[C@H](CO)NC(=O)Nc1ccc(Br)cc1F. The number of nitrogens with one attached hydrogen (secondary N) is 2. The third kappa shape index (κ3) is 3.79. The summed E-state index contributed by atoms with van der Waals surface area (Å²) in [5.41, 5.74) is 0.0887. The van der Waals surface area contributed by atoms with E-state index in [1.54, 1.807) is 13.0 Å². The lowest BCUT2D eigenvalue weighted by atomic mass is 10.3. The molecule has 0 aliphatic heterocycles. The number of halogens is 2. The Morgan fingerprint density at radius 1 is 1.62 bits per heavy atom. The molecule has 6 heteroatoms. The van der Waals surface area contributed by atoms with E-state index in [4.69, 9.17) is 5.11 Å². The fourth-order valence-electron chi connectivity index (χ4n) is 1.02. The zero-order valence-corrected chi connectivity index (χ0v) is 10.2. The van der Waals surface area contributed by atoms with Crippen LogP contribution in [0.2, 0.25) is 0 Å². The number of benzene rings is 1. The van der Waals surface area contributed by atoms with E-state index >= 15 is 0 Å². The minimum absolute atomic E-state index is 0.0887. The summed E-state index contributed by atoms with van der Waals surface area (Å²) in [6, 6.07) is 3.39. The monoisotopic (exact) mass is 290 g/mol. The Kier molecular flexibility index (Phi) is 4.70. The van der Waals surface area contributed by atoms with Crippen LogP contribution in [0.1, 0.15) is 6.92 Å². The maximum atomic E-state index is 13.3. The first-order valence-corrected chi connectivity index (χ1v) is 5.45. The van der Waals surface area contributed by atoms with Crippen LogP contribution in [0.25, 0.3) is 0 Å². The van der Waals surface area contributed by atoms with Crippen LogP contribution in [0.4, 0.5) is 14.9 Å². The zero-order chi connectivity index (χ0) is 12.1. The van der Waals surface area contributed by atoms with Crippen LogP contribution in [0, 0.1) is 5.82 Å². The lowest BCUT2D eigenvalue weighted by Crippen LogP contribution is -2.38. The number of aliphatic hydroxyl groups is 1. The third-order valence-corrected chi connectivity index (χ3v) is 2.32. The summed E-state index contributed by atoms with van der Waals surface area (Å²) in [5.74, 6) is -0.527. The number of urea groups is 1. The molecule has 1 atom stereocenters. The molecule has 0 spiro atoms. The van der Waals surface area contributed by atoms with Crippen LogP contribution in [0.3, 0.4) is 0 Å². The van der Waals surface area contributed by atoms with Gasteiger partial charge in [0, 0.05) is 4.47 Å². The predicted octanol–water partition coefficient (Wildman–Crippen LogP) is 2.09. The van der Waals surface area contributed by atoms with Crippen LogP contribution in [0.15, 0.2) is 22.7 Å². The molecule has 0 unspecified atom stereocenters. The minimum atomic E-state index is -0.553. The van der Waals surface area contributed by atoms with Gasteiger partial charge < -0.3 is 15.7 Å². The molecule has 1 aromatic carbocycles. The summed E-state index contributed by atoms with van der Waals surface area (Å²) < 4.78 is 13.9. The summed E-state index contributed by atoms with van der Waals surface area (Å²) in [6.45, 7) is 1.47. The summed E-state index contributed by atoms with van der Waals surface area (Å²) in [4.78, 5) is 11.3. The van der Waals surface area contributed by atoms with E-state index < -0.39 is 11.8 Å². The van der Waals surface area contributed by atoms with Gasteiger partial charge in [-0.05, 0) is 25.1 Å². The molecule has 16 heavy (non-hydrogen) atoms. The third-order valence-electron chi connectivity index (χ3n) is 1.83. The second kappa shape index (κ2) is 5.81. The Balaban J connectivity index is 2.63. The van der Waals surface area contributed by atoms with Gasteiger partial charge >= 0.3 is 6.03 Å². The highest BCUT2D eigenvalue weighted by Gasteiger charge is 2.09. The first kappa shape index (κ1) is 12.9. The fourth-order valence-corrected chi connectivity index (χ4v) is 1.35. The van der Waals surface area contributed by atoms with Crippen molar-refractivity contribution in [1.29, 1.82) is 0 Å². The Bertz CT molecular complexity index is 387. The largest absolute Gasteiger partial charge is 0.394 e. The van der Waals surface area contributed by atoms with Gasteiger partial charge in [-0.1, -0.05) is 15.9 Å². The normalized spacial score (nSPS) is 12.0. The van der Waals surface area contributed by atoms with E-state index in [-0.39, 0.29) is 18.3 Å². The van der Waals surface area contributed by atoms with Crippen molar-refractivity contribution < 1.29 is 14.3 Å². The number of aliphatic hydroxyl groups excluding tert-OH is 1. The van der Waals surface area contributed by atoms with Gasteiger partial charge in [-0.3, -0.25) is 0 Å². The van der Waals surface area contributed by atoms with Gasteiger partial charge in [-0.2, -0.15) is 0 Å². The van der Waals surface area contributed by atoms with Crippen molar-refractivity contribution in [3.8, 4) is 0 Å². The van der Waals surface area contributed by atoms with Gasteiger partial charge in [0.15, 0.2) is 0 Å². The van der Waals surface area contributed by atoms with Crippen LogP contribution in [-0.2, 0) is 0 Å². The summed E-state index contributed by atoms with van der Waals surface area (Å²) >= 11 is 3.11. The summed E-state index contributed by atoms with van der Waals surface area (Å²) in [7, 11) is 0. The standard InChI is InChI=1S/C10H12BrFN2O2/c1-6(5-15)13-10(16)14-9-3-2-7(11)4-8(9)12/h2-4,6,15H,5H2,1H3,(H2,13,14,16)/t6-/m1/s1. The molecule has 0 heterocycles. The number of hydrogen-bond acceptors (Lipinski definition) is 2. The number of hydrogen-bond donors (Lipinski definition) is 3. The van der Waals surface area contributed by atoms with Gasteiger partial charge in [0.25, 0.3) is 0 Å². The van der Waals surface area contributed by atoms with Crippen LogP contribution < -0.4 is 10.6 Å². The average molecular weight is 291 g/mol. The molecule has 3 N–H and O–H groups in total. The van der Waals surface area contributed by atoms with Crippen molar-refractivity contribution in [2.45, 2.75) is 13.0 Å². The molecule has 0 aliphatic carbocycles. The van der Waals surface area contributed by atoms with Gasteiger partial charge in [-0.25, -0.2) is 9.18 Å². The molecule has 0 fully saturated rings. The maximum Gasteiger partial charge on any atom is 0.319 e. The molecular formula is C10H12BrFN2O2. The predicted molar refractivity (Wildman–Crippen MR) is 62.8 cm³/mol. The van der Waals surface area contributed by atoms with E-state index in [1.165, 1.54) is 12.1 Å². The van der Waals surface area contributed by atoms with E-state index in [0.29, 0.717) is 4.47 Å². The van der Waals surface area contributed by atoms with Crippen molar-refractivity contribution in [2.75, 3.05) is 11.9 Å². The second-order valence-electron chi connectivity index (χ2n) is 3.31. The zero-order valence-electron chi connectivity index (χ0n) is 8.63. The molecule has 0 aromatic heterocycles. The second-order valence-corrected chi connectivity index (χ2v) is 4.22. The minimum Gasteiger partial charge on any atom is -0.394 e. The molecule has 1 rings (SSSR count). The van der Waals surface area contributed by atoms with Gasteiger partial charge in [0.05, 0.1) is 18.3 Å². The number of carbonyl (C=O) groups is 1. The molecule has 88 valence electrons. The fraction of sp³-hybridized carbons (Fsp3) is 0.300. The van der Waals surface area contributed by atoms with Gasteiger partial charge in [0.2, 0.25) is 0 Å². The topological polar surface area (TPSA) is 61.4 Å². The summed E-state index contributed by atoms with van der Waals surface area (Å²) in [5, 5.41) is 13.5. The molecule has 4 nitrogen and oxygen atoms in total. The molecule has 0 radical (unpaired) electrons. The van der Waals surface area contributed by atoms with Crippen molar-refractivity contribution in [3.05, 3.63) is 28.5 Å². The molecule has 0 bridgehead atoms.